The number of hydrogen-bond acceptors (Lipinski definition) is 10. The predicted octanol–water partition coefficient (Wildman–Crippen LogP) is 2.12. The van der Waals surface area contributed by atoms with Crippen molar-refractivity contribution in [3.05, 3.63) is 48.7 Å². The van der Waals surface area contributed by atoms with Crippen LogP contribution in [0.25, 0.3) is 11.0 Å². The first kappa shape index (κ1) is 22.7. The van der Waals surface area contributed by atoms with Crippen LogP contribution in [0.3, 0.4) is 0 Å². The van der Waals surface area contributed by atoms with Crippen LogP contribution in [0.1, 0.15) is 31.2 Å². The summed E-state index contributed by atoms with van der Waals surface area (Å²) in [6.45, 7) is 1.77. The molecule has 11 nitrogen and oxygen atoms in total. The van der Waals surface area contributed by atoms with Crippen molar-refractivity contribution in [2.45, 2.75) is 37.9 Å². The van der Waals surface area contributed by atoms with Gasteiger partial charge in [0.25, 0.3) is 0 Å². The molecule has 4 N–H and O–H groups in total. The van der Waals surface area contributed by atoms with E-state index in [9.17, 15) is 14.8 Å². The van der Waals surface area contributed by atoms with Gasteiger partial charge in [-0.15, -0.1) is 9.05 Å². The van der Waals surface area contributed by atoms with Gasteiger partial charge in [-0.3, -0.25) is 4.98 Å². The minimum absolute atomic E-state index is 0.0366. The van der Waals surface area contributed by atoms with Gasteiger partial charge in [-0.25, -0.2) is 9.97 Å². The van der Waals surface area contributed by atoms with Gasteiger partial charge >= 0.3 is 8.25 Å². The summed E-state index contributed by atoms with van der Waals surface area (Å²) in [5.41, 5.74) is 7.14. The zero-order valence-electron chi connectivity index (χ0n) is 17.4. The van der Waals surface area contributed by atoms with Gasteiger partial charge in [0.2, 0.25) is 0 Å². The number of aliphatic hydroxyl groups excluding tert-OH is 2. The van der Waals surface area contributed by atoms with E-state index in [4.69, 9.17) is 19.5 Å². The van der Waals surface area contributed by atoms with Gasteiger partial charge in [0.05, 0.1) is 17.6 Å². The molecule has 6 atom stereocenters. The molecule has 3 aromatic heterocycles. The van der Waals surface area contributed by atoms with Crippen LogP contribution < -0.4 is 5.73 Å². The standard InChI is InChI=1S/C20H25N5O6P/c1-12-17(27)16(31-20(12)25-7-4-14-18(21)23-11-24-19(14)25)10-30-32(28)29-8-5-15(26)13-3-2-6-22-9-13/h2-4,6-7,9,11-12,15-17,20,26-27H,5,8,10H2,1H3,(H2,21,23,24)/q+1. The number of nitrogen functional groups attached to an aromatic ring is 1. The van der Waals surface area contributed by atoms with Gasteiger partial charge in [-0.05, 0) is 17.7 Å². The molecule has 12 heteroatoms. The number of ether oxygens (including phenoxy) is 1. The number of nitrogens with zero attached hydrogens (tertiary/aromatic N) is 4. The Morgan fingerprint density at radius 3 is 2.97 bits per heavy atom. The third kappa shape index (κ3) is 4.78. The van der Waals surface area contributed by atoms with E-state index in [0.717, 1.165) is 0 Å². The summed E-state index contributed by atoms with van der Waals surface area (Å²) in [7, 11) is -2.43. The number of nitrogens with two attached hydrogens (primary N) is 1. The number of fused-ring (bicyclic) bond motifs is 1. The number of anilines is 1. The summed E-state index contributed by atoms with van der Waals surface area (Å²) < 4.78 is 30.3. The quantitative estimate of drug-likeness (QED) is 0.403. The van der Waals surface area contributed by atoms with E-state index in [-0.39, 0.29) is 25.6 Å². The molecule has 32 heavy (non-hydrogen) atoms. The highest BCUT2D eigenvalue weighted by Crippen LogP contribution is 2.38. The first-order valence-corrected chi connectivity index (χ1v) is 11.3. The van der Waals surface area contributed by atoms with Crippen molar-refractivity contribution in [1.82, 2.24) is 19.5 Å². The fraction of sp³-hybridized carbons (Fsp3) is 0.450. The van der Waals surface area contributed by atoms with Crippen LogP contribution in [0.2, 0.25) is 0 Å². The largest absolute Gasteiger partial charge is 0.697 e. The fourth-order valence-electron chi connectivity index (χ4n) is 3.69. The Labute approximate surface area is 185 Å². The molecule has 6 unspecified atom stereocenters. The zero-order chi connectivity index (χ0) is 22.7. The van der Waals surface area contributed by atoms with E-state index in [1.165, 1.54) is 6.33 Å². The van der Waals surface area contributed by atoms with Crippen LogP contribution in [0.5, 0.6) is 0 Å². The van der Waals surface area contributed by atoms with Crippen molar-refractivity contribution in [2.24, 2.45) is 5.92 Å². The highest BCUT2D eigenvalue weighted by Gasteiger charge is 2.44. The second-order valence-electron chi connectivity index (χ2n) is 7.58. The van der Waals surface area contributed by atoms with Crippen LogP contribution in [0.15, 0.2) is 43.1 Å². The summed E-state index contributed by atoms with van der Waals surface area (Å²) in [6, 6.07) is 5.27. The summed E-state index contributed by atoms with van der Waals surface area (Å²) in [5.74, 6) is 0.0893. The van der Waals surface area contributed by atoms with E-state index < -0.39 is 32.8 Å². The van der Waals surface area contributed by atoms with Gasteiger partial charge in [-0.2, -0.15) is 0 Å². The lowest BCUT2D eigenvalue weighted by Gasteiger charge is -2.18. The Morgan fingerprint density at radius 2 is 2.19 bits per heavy atom. The smallest absolute Gasteiger partial charge is 0.390 e. The molecule has 0 radical (unpaired) electrons. The van der Waals surface area contributed by atoms with Gasteiger partial charge < -0.3 is 25.3 Å². The molecule has 4 heterocycles. The first-order valence-electron chi connectivity index (χ1n) is 10.2. The molecule has 1 aliphatic rings. The van der Waals surface area contributed by atoms with Gasteiger partial charge in [0.1, 0.15) is 43.3 Å². The van der Waals surface area contributed by atoms with Crippen molar-refractivity contribution >= 4 is 25.1 Å². The number of rotatable bonds is 9. The third-order valence-electron chi connectivity index (χ3n) is 5.50. The predicted molar refractivity (Wildman–Crippen MR) is 114 cm³/mol. The van der Waals surface area contributed by atoms with E-state index in [1.54, 1.807) is 41.4 Å². The van der Waals surface area contributed by atoms with Crippen molar-refractivity contribution < 1.29 is 28.6 Å². The van der Waals surface area contributed by atoms with Crippen LogP contribution in [-0.4, -0.2) is 55.2 Å². The van der Waals surface area contributed by atoms with Crippen molar-refractivity contribution in [3.63, 3.8) is 0 Å². The van der Waals surface area contributed by atoms with Crippen LogP contribution in [0.4, 0.5) is 5.82 Å². The van der Waals surface area contributed by atoms with Gasteiger partial charge in [0.15, 0.2) is 0 Å². The minimum Gasteiger partial charge on any atom is -0.390 e. The van der Waals surface area contributed by atoms with Crippen molar-refractivity contribution in [1.29, 1.82) is 0 Å². The maximum atomic E-state index is 12.1. The average Bonchev–Trinajstić information content (AvgIpc) is 3.35. The maximum absolute atomic E-state index is 12.1. The van der Waals surface area contributed by atoms with E-state index in [2.05, 4.69) is 15.0 Å². The van der Waals surface area contributed by atoms with Crippen molar-refractivity contribution in [2.75, 3.05) is 18.9 Å². The number of aliphatic hydroxyl groups is 2. The Morgan fingerprint density at radius 1 is 1.34 bits per heavy atom. The molecule has 0 aliphatic carbocycles. The number of pyridine rings is 1. The summed E-state index contributed by atoms with van der Waals surface area (Å²) in [4.78, 5) is 12.2. The molecule has 3 aromatic rings. The monoisotopic (exact) mass is 462 g/mol. The molecule has 4 rings (SSSR count). The molecule has 170 valence electrons. The van der Waals surface area contributed by atoms with E-state index >= 15 is 0 Å². The zero-order valence-corrected chi connectivity index (χ0v) is 18.3. The summed E-state index contributed by atoms with van der Waals surface area (Å²) in [5, 5.41) is 21.4. The molecule has 0 amide bonds. The highest BCUT2D eigenvalue weighted by molar-refractivity contribution is 7.33. The Kier molecular flexibility index (Phi) is 7.04. The topological polar surface area (TPSA) is 155 Å². The third-order valence-corrected chi connectivity index (χ3v) is 6.25. The van der Waals surface area contributed by atoms with Gasteiger partial charge in [-0.1, -0.05) is 13.0 Å². The fourth-order valence-corrected chi connectivity index (χ4v) is 4.29. The maximum Gasteiger partial charge on any atom is 0.697 e. The summed E-state index contributed by atoms with van der Waals surface area (Å²) in [6.07, 6.45) is 3.76. The van der Waals surface area contributed by atoms with Gasteiger partial charge in [0, 0.05) is 35.5 Å². The van der Waals surface area contributed by atoms with Crippen LogP contribution in [-0.2, 0) is 18.3 Å². The molecular formula is C20H25N5O6P+. The molecule has 1 aliphatic heterocycles. The normalized spacial score (nSPS) is 24.7. The van der Waals surface area contributed by atoms with E-state index in [0.29, 0.717) is 22.4 Å². The van der Waals surface area contributed by atoms with Crippen LogP contribution in [0, 0.1) is 5.92 Å². The molecule has 1 fully saturated rings. The van der Waals surface area contributed by atoms with Crippen LogP contribution >= 0.6 is 8.25 Å². The Hall–Kier alpha value is -2.53. The molecule has 1 saturated heterocycles. The second-order valence-corrected chi connectivity index (χ2v) is 8.54. The molecule has 0 bridgehead atoms. The van der Waals surface area contributed by atoms with E-state index in [1.807, 2.05) is 6.92 Å². The lowest BCUT2D eigenvalue weighted by atomic mass is 10.0. The molecule has 0 saturated carbocycles. The number of hydrogen-bond donors (Lipinski definition) is 3. The van der Waals surface area contributed by atoms with Crippen molar-refractivity contribution in [3.8, 4) is 0 Å². The second kappa shape index (κ2) is 9.95. The minimum atomic E-state index is -2.43. The molecular weight excluding hydrogens is 437 g/mol. The number of aromatic nitrogens is 4. The average molecular weight is 462 g/mol. The molecule has 0 aromatic carbocycles. The molecule has 0 spiro atoms. The lowest BCUT2D eigenvalue weighted by Crippen LogP contribution is -2.28. The SMILES string of the molecule is CC1C(O)C(CO[P+](=O)OCCC(O)c2cccnc2)OC1n1ccc2c(N)ncnc21. The Balaban J connectivity index is 1.28. The highest BCUT2D eigenvalue weighted by atomic mass is 31.1. The lowest BCUT2D eigenvalue weighted by molar-refractivity contribution is -0.0407. The summed E-state index contributed by atoms with van der Waals surface area (Å²) >= 11 is 0. The first-order chi connectivity index (χ1) is 15.5. The Bertz CT molecular complexity index is 1070.